The third kappa shape index (κ3) is 3.67. The fourth-order valence-corrected chi connectivity index (χ4v) is 2.73. The lowest BCUT2D eigenvalue weighted by atomic mass is 10.1. The van der Waals surface area contributed by atoms with Gasteiger partial charge in [0.25, 0.3) is 17.3 Å². The van der Waals surface area contributed by atoms with Crippen molar-refractivity contribution in [1.29, 1.82) is 0 Å². The fraction of sp³-hybridized carbons (Fsp3) is 0. The van der Waals surface area contributed by atoms with E-state index in [1.165, 1.54) is 0 Å². The number of carbonyl (C=O) groups is 1. The fourth-order valence-electron chi connectivity index (χ4n) is 2.73. The van der Waals surface area contributed by atoms with Gasteiger partial charge in [-0.1, -0.05) is 0 Å². The van der Waals surface area contributed by atoms with Crippen molar-refractivity contribution in [1.82, 2.24) is 9.97 Å². The second-order valence-corrected chi connectivity index (χ2v) is 6.13. The second kappa shape index (κ2) is 7.39. The summed E-state index contributed by atoms with van der Waals surface area (Å²) in [5.41, 5.74) is 0.743. The van der Waals surface area contributed by atoms with E-state index < -0.39 is 27.1 Å². The van der Waals surface area contributed by atoms with E-state index >= 15 is 0 Å². The summed E-state index contributed by atoms with van der Waals surface area (Å²) in [7, 11) is 0. The van der Waals surface area contributed by atoms with Gasteiger partial charge in [-0.15, -0.1) is 0 Å². The zero-order valence-electron chi connectivity index (χ0n) is 15.0. The van der Waals surface area contributed by atoms with Gasteiger partial charge in [0.15, 0.2) is 11.2 Å². The molecule has 2 heterocycles. The zero-order chi connectivity index (χ0) is 21.3. The predicted octanol–water partition coefficient (Wildman–Crippen LogP) is 3.96. The van der Waals surface area contributed by atoms with Crippen molar-refractivity contribution in [3.63, 3.8) is 0 Å². The standard InChI is InChI=1S/C19H11N5O6/c25-18(12-8-14(23(26)27)10-15(9-12)24(28)29)21-13-5-3-11(4-6-13)19-22-17-16(30-19)2-1-7-20-17/h1-10H,(H,21,25). The van der Waals surface area contributed by atoms with Gasteiger partial charge in [-0.25, -0.2) is 4.98 Å². The Morgan fingerprint density at radius 1 is 0.967 bits per heavy atom. The number of rotatable bonds is 5. The average molecular weight is 405 g/mol. The van der Waals surface area contributed by atoms with E-state index in [0.717, 1.165) is 18.2 Å². The summed E-state index contributed by atoms with van der Waals surface area (Å²) in [5.74, 6) is -0.364. The largest absolute Gasteiger partial charge is 0.434 e. The lowest BCUT2D eigenvalue weighted by Crippen LogP contribution is -2.12. The van der Waals surface area contributed by atoms with Crippen LogP contribution in [-0.4, -0.2) is 25.7 Å². The summed E-state index contributed by atoms with van der Waals surface area (Å²) < 4.78 is 5.63. The van der Waals surface area contributed by atoms with Crippen molar-refractivity contribution in [2.75, 3.05) is 5.32 Å². The number of fused-ring (bicyclic) bond motifs is 1. The number of aromatic nitrogens is 2. The van der Waals surface area contributed by atoms with Crippen molar-refractivity contribution in [2.45, 2.75) is 0 Å². The summed E-state index contributed by atoms with van der Waals surface area (Å²) in [6, 6.07) is 12.7. The maximum atomic E-state index is 12.4. The Bertz CT molecular complexity index is 1230. The summed E-state index contributed by atoms with van der Waals surface area (Å²) >= 11 is 0. The van der Waals surface area contributed by atoms with Gasteiger partial charge >= 0.3 is 0 Å². The average Bonchev–Trinajstić information content (AvgIpc) is 3.18. The van der Waals surface area contributed by atoms with Crippen LogP contribution in [-0.2, 0) is 0 Å². The van der Waals surface area contributed by atoms with Crippen LogP contribution in [0.25, 0.3) is 22.7 Å². The van der Waals surface area contributed by atoms with Crippen molar-refractivity contribution in [3.05, 3.63) is 86.6 Å². The molecule has 0 spiro atoms. The zero-order valence-corrected chi connectivity index (χ0v) is 15.0. The van der Waals surface area contributed by atoms with Gasteiger partial charge in [0.2, 0.25) is 5.89 Å². The molecule has 11 heteroatoms. The Labute approximate surface area is 167 Å². The number of anilines is 1. The normalized spacial score (nSPS) is 10.7. The number of hydrogen-bond acceptors (Lipinski definition) is 8. The molecule has 0 aliphatic heterocycles. The quantitative estimate of drug-likeness (QED) is 0.386. The Morgan fingerprint density at radius 3 is 2.23 bits per heavy atom. The van der Waals surface area contributed by atoms with Gasteiger partial charge in [-0.05, 0) is 36.4 Å². The van der Waals surface area contributed by atoms with Crippen molar-refractivity contribution < 1.29 is 19.1 Å². The molecule has 0 bridgehead atoms. The Hall–Kier alpha value is -4.67. The van der Waals surface area contributed by atoms with Gasteiger partial charge in [0.1, 0.15) is 0 Å². The van der Waals surface area contributed by atoms with Crippen LogP contribution >= 0.6 is 0 Å². The van der Waals surface area contributed by atoms with E-state index in [4.69, 9.17) is 4.42 Å². The van der Waals surface area contributed by atoms with Crippen molar-refractivity contribution in [2.24, 2.45) is 0 Å². The molecule has 1 N–H and O–H groups in total. The van der Waals surface area contributed by atoms with Crippen molar-refractivity contribution in [3.8, 4) is 11.5 Å². The SMILES string of the molecule is O=C(Nc1ccc(-c2nc3ncccc3o2)cc1)c1cc([N+](=O)[O-])cc([N+](=O)[O-])c1. The molecule has 2 aromatic heterocycles. The third-order valence-electron chi connectivity index (χ3n) is 4.14. The van der Waals surface area contributed by atoms with Gasteiger partial charge in [-0.3, -0.25) is 25.0 Å². The number of nitro groups is 2. The molecule has 11 nitrogen and oxygen atoms in total. The minimum absolute atomic E-state index is 0.204. The molecule has 4 aromatic rings. The van der Waals surface area contributed by atoms with Gasteiger partial charge in [0.05, 0.1) is 21.5 Å². The maximum absolute atomic E-state index is 12.4. The number of oxazole rings is 1. The van der Waals surface area contributed by atoms with E-state index in [-0.39, 0.29) is 5.56 Å². The molecular weight excluding hydrogens is 394 g/mol. The molecule has 1 amide bonds. The van der Waals surface area contributed by atoms with E-state index in [0.29, 0.717) is 28.4 Å². The number of hydrogen-bond donors (Lipinski definition) is 1. The first-order valence-electron chi connectivity index (χ1n) is 8.48. The first kappa shape index (κ1) is 18.7. The number of nitro benzene ring substituents is 2. The first-order chi connectivity index (χ1) is 14.4. The van der Waals surface area contributed by atoms with Crippen LogP contribution in [0.15, 0.2) is 65.2 Å². The number of pyridine rings is 1. The molecular formula is C19H11N5O6. The molecule has 4 rings (SSSR count). The minimum atomic E-state index is -0.798. The van der Waals surface area contributed by atoms with E-state index in [1.54, 1.807) is 42.6 Å². The topological polar surface area (TPSA) is 154 Å². The highest BCUT2D eigenvalue weighted by molar-refractivity contribution is 6.05. The van der Waals surface area contributed by atoms with Gasteiger partial charge in [-0.2, -0.15) is 4.98 Å². The summed E-state index contributed by atoms with van der Waals surface area (Å²) in [6.07, 6.45) is 1.60. The summed E-state index contributed by atoms with van der Waals surface area (Å²) in [6.45, 7) is 0. The van der Waals surface area contributed by atoms with Crippen LogP contribution in [0.2, 0.25) is 0 Å². The molecule has 30 heavy (non-hydrogen) atoms. The molecule has 2 aromatic carbocycles. The van der Waals surface area contributed by atoms with Crippen LogP contribution in [0.4, 0.5) is 17.1 Å². The highest BCUT2D eigenvalue weighted by atomic mass is 16.6. The maximum Gasteiger partial charge on any atom is 0.277 e. The Kier molecular flexibility index (Phi) is 4.60. The lowest BCUT2D eigenvalue weighted by molar-refractivity contribution is -0.394. The number of amides is 1. The molecule has 0 saturated carbocycles. The molecule has 0 aliphatic rings. The number of non-ortho nitro benzene ring substituents is 2. The number of benzene rings is 2. The van der Waals surface area contributed by atoms with Crippen LogP contribution in [0.5, 0.6) is 0 Å². The third-order valence-corrected chi connectivity index (χ3v) is 4.14. The van der Waals surface area contributed by atoms with Crippen LogP contribution in [0.1, 0.15) is 10.4 Å². The van der Waals surface area contributed by atoms with Crippen LogP contribution in [0.3, 0.4) is 0 Å². The highest BCUT2D eigenvalue weighted by Crippen LogP contribution is 2.26. The first-order valence-corrected chi connectivity index (χ1v) is 8.48. The summed E-state index contributed by atoms with van der Waals surface area (Å²) in [4.78, 5) is 41.2. The smallest absolute Gasteiger partial charge is 0.277 e. The van der Waals surface area contributed by atoms with E-state index in [1.807, 2.05) is 0 Å². The van der Waals surface area contributed by atoms with Crippen LogP contribution < -0.4 is 5.32 Å². The monoisotopic (exact) mass is 405 g/mol. The molecule has 0 radical (unpaired) electrons. The van der Waals surface area contributed by atoms with E-state index in [2.05, 4.69) is 15.3 Å². The number of nitrogens with one attached hydrogen (secondary N) is 1. The molecule has 0 atom stereocenters. The number of nitrogens with zero attached hydrogens (tertiary/aromatic N) is 4. The molecule has 0 unspecified atom stereocenters. The molecule has 0 fully saturated rings. The molecule has 148 valence electrons. The Balaban J connectivity index is 1.56. The Morgan fingerprint density at radius 2 is 1.63 bits per heavy atom. The van der Waals surface area contributed by atoms with Crippen molar-refractivity contribution >= 4 is 34.2 Å². The van der Waals surface area contributed by atoms with E-state index in [9.17, 15) is 25.0 Å². The van der Waals surface area contributed by atoms with Gasteiger partial charge in [0, 0.05) is 29.6 Å². The predicted molar refractivity (Wildman–Crippen MR) is 105 cm³/mol. The van der Waals surface area contributed by atoms with Crippen LogP contribution in [0, 0.1) is 20.2 Å². The number of carbonyl (C=O) groups excluding carboxylic acids is 1. The lowest BCUT2D eigenvalue weighted by Gasteiger charge is -2.06. The highest BCUT2D eigenvalue weighted by Gasteiger charge is 2.20. The molecule has 0 aliphatic carbocycles. The van der Waals surface area contributed by atoms with Gasteiger partial charge < -0.3 is 9.73 Å². The molecule has 0 saturated heterocycles. The minimum Gasteiger partial charge on any atom is -0.434 e. The second-order valence-electron chi connectivity index (χ2n) is 6.13. The summed E-state index contributed by atoms with van der Waals surface area (Å²) in [5, 5.41) is 24.5.